The van der Waals surface area contributed by atoms with E-state index in [1.807, 2.05) is 24.3 Å². The standard InChI is InChI=1S/C16H20N2O5S2/c19-16-11-24(20,21)10-15(16)17-7-8-18-25(22,23)14-6-5-12-3-1-2-4-13(12)9-14/h1-6,9,15-19H,7-8,10-11H2/t15-,16-/m1/s1. The Morgan fingerprint density at radius 3 is 2.44 bits per heavy atom. The molecule has 1 saturated heterocycles. The van der Waals surface area contributed by atoms with E-state index in [1.54, 1.807) is 18.2 Å². The quantitative estimate of drug-likeness (QED) is 0.598. The number of fused-ring (bicyclic) bond motifs is 1. The molecule has 136 valence electrons. The zero-order valence-corrected chi connectivity index (χ0v) is 15.1. The minimum Gasteiger partial charge on any atom is -0.390 e. The molecule has 0 saturated carbocycles. The lowest BCUT2D eigenvalue weighted by atomic mass is 10.1. The highest BCUT2D eigenvalue weighted by molar-refractivity contribution is 7.91. The smallest absolute Gasteiger partial charge is 0.240 e. The maximum Gasteiger partial charge on any atom is 0.240 e. The number of hydrogen-bond acceptors (Lipinski definition) is 6. The largest absolute Gasteiger partial charge is 0.390 e. The molecule has 25 heavy (non-hydrogen) atoms. The van der Waals surface area contributed by atoms with Gasteiger partial charge >= 0.3 is 0 Å². The Hall–Kier alpha value is -1.52. The fraction of sp³-hybridized carbons (Fsp3) is 0.375. The molecule has 7 nitrogen and oxygen atoms in total. The van der Waals surface area contributed by atoms with Crippen LogP contribution in [-0.2, 0) is 19.9 Å². The van der Waals surface area contributed by atoms with Gasteiger partial charge in [-0.05, 0) is 22.9 Å². The summed E-state index contributed by atoms with van der Waals surface area (Å²) in [6, 6.07) is 11.8. The highest BCUT2D eigenvalue weighted by atomic mass is 32.2. The number of aliphatic hydroxyl groups excluding tert-OH is 1. The number of aliphatic hydroxyl groups is 1. The molecule has 0 aromatic heterocycles. The molecule has 0 radical (unpaired) electrons. The van der Waals surface area contributed by atoms with Gasteiger partial charge in [-0.25, -0.2) is 21.6 Å². The molecule has 0 spiro atoms. The summed E-state index contributed by atoms with van der Waals surface area (Å²) in [5, 5.41) is 14.4. The molecule has 2 aromatic rings. The van der Waals surface area contributed by atoms with Crippen molar-refractivity contribution in [3.8, 4) is 0 Å². The summed E-state index contributed by atoms with van der Waals surface area (Å²) < 4.78 is 50.0. The lowest BCUT2D eigenvalue weighted by Gasteiger charge is -2.15. The first-order chi connectivity index (χ1) is 11.8. The lowest BCUT2D eigenvalue weighted by Crippen LogP contribution is -2.42. The second-order valence-electron chi connectivity index (χ2n) is 6.11. The van der Waals surface area contributed by atoms with Crippen molar-refractivity contribution in [3.63, 3.8) is 0 Å². The summed E-state index contributed by atoms with van der Waals surface area (Å²) in [5.74, 6) is -0.390. The predicted octanol–water partition coefficient (Wildman–Crippen LogP) is -0.134. The molecule has 1 heterocycles. The normalized spacial score (nSPS) is 23.1. The number of sulfonamides is 1. The van der Waals surface area contributed by atoms with Crippen LogP contribution >= 0.6 is 0 Å². The van der Waals surface area contributed by atoms with E-state index in [-0.39, 0.29) is 29.5 Å². The summed E-state index contributed by atoms with van der Waals surface area (Å²) in [6.07, 6.45) is -0.956. The number of benzene rings is 2. The first-order valence-corrected chi connectivity index (χ1v) is 11.2. The van der Waals surface area contributed by atoms with Crippen molar-refractivity contribution in [2.45, 2.75) is 17.0 Å². The zero-order chi connectivity index (χ0) is 18.1. The van der Waals surface area contributed by atoms with Gasteiger partial charge in [0, 0.05) is 19.1 Å². The molecule has 1 aliphatic rings. The molecule has 0 amide bonds. The van der Waals surface area contributed by atoms with Crippen LogP contribution in [0.4, 0.5) is 0 Å². The molecule has 0 bridgehead atoms. The van der Waals surface area contributed by atoms with E-state index < -0.39 is 32.0 Å². The van der Waals surface area contributed by atoms with E-state index in [0.717, 1.165) is 10.8 Å². The van der Waals surface area contributed by atoms with Gasteiger partial charge in [-0.15, -0.1) is 0 Å². The summed E-state index contributed by atoms with van der Waals surface area (Å²) >= 11 is 0. The van der Waals surface area contributed by atoms with Crippen LogP contribution in [0.2, 0.25) is 0 Å². The van der Waals surface area contributed by atoms with E-state index >= 15 is 0 Å². The molecule has 1 aliphatic heterocycles. The maximum atomic E-state index is 12.4. The summed E-state index contributed by atoms with van der Waals surface area (Å²) in [4.78, 5) is 0.176. The van der Waals surface area contributed by atoms with Gasteiger partial charge in [-0.1, -0.05) is 30.3 Å². The first kappa shape index (κ1) is 18.3. The van der Waals surface area contributed by atoms with E-state index in [1.165, 1.54) is 0 Å². The van der Waals surface area contributed by atoms with Gasteiger partial charge < -0.3 is 10.4 Å². The van der Waals surface area contributed by atoms with Crippen molar-refractivity contribution in [1.82, 2.24) is 10.0 Å². The van der Waals surface area contributed by atoms with E-state index in [9.17, 15) is 21.9 Å². The predicted molar refractivity (Wildman–Crippen MR) is 95.6 cm³/mol. The number of rotatable bonds is 6. The van der Waals surface area contributed by atoms with Gasteiger partial charge in [0.05, 0.1) is 22.5 Å². The molecule has 0 unspecified atom stereocenters. The highest BCUT2D eigenvalue weighted by Gasteiger charge is 2.35. The van der Waals surface area contributed by atoms with Crippen LogP contribution in [0, 0.1) is 0 Å². The number of nitrogens with one attached hydrogen (secondary N) is 2. The van der Waals surface area contributed by atoms with Gasteiger partial charge in [0.2, 0.25) is 10.0 Å². The van der Waals surface area contributed by atoms with Gasteiger partial charge in [0.15, 0.2) is 9.84 Å². The average molecular weight is 384 g/mol. The molecule has 2 aromatic carbocycles. The average Bonchev–Trinajstić information content (AvgIpc) is 2.83. The number of hydrogen-bond donors (Lipinski definition) is 3. The van der Waals surface area contributed by atoms with E-state index in [2.05, 4.69) is 10.0 Å². The van der Waals surface area contributed by atoms with Crippen LogP contribution in [0.25, 0.3) is 10.8 Å². The summed E-state index contributed by atoms with van der Waals surface area (Å²) in [5.41, 5.74) is 0. The molecular formula is C16H20N2O5S2. The highest BCUT2D eigenvalue weighted by Crippen LogP contribution is 2.18. The lowest BCUT2D eigenvalue weighted by molar-refractivity contribution is 0.166. The van der Waals surface area contributed by atoms with E-state index in [0.29, 0.717) is 0 Å². The molecule has 0 aliphatic carbocycles. The van der Waals surface area contributed by atoms with Crippen molar-refractivity contribution >= 4 is 30.6 Å². The van der Waals surface area contributed by atoms with Crippen molar-refractivity contribution in [2.75, 3.05) is 24.6 Å². The van der Waals surface area contributed by atoms with Crippen molar-refractivity contribution in [1.29, 1.82) is 0 Å². The fourth-order valence-corrected chi connectivity index (χ4v) is 5.73. The van der Waals surface area contributed by atoms with Crippen molar-refractivity contribution in [3.05, 3.63) is 42.5 Å². The Kier molecular flexibility index (Phi) is 5.12. The van der Waals surface area contributed by atoms with Crippen LogP contribution in [0.15, 0.2) is 47.4 Å². The molecule has 1 fully saturated rings. The van der Waals surface area contributed by atoms with Crippen LogP contribution < -0.4 is 10.0 Å². The Morgan fingerprint density at radius 2 is 1.76 bits per heavy atom. The molecular weight excluding hydrogens is 364 g/mol. The SMILES string of the molecule is O=S1(=O)C[C@@H](O)[C@H](NCCNS(=O)(=O)c2ccc3ccccc3c2)C1. The van der Waals surface area contributed by atoms with E-state index in [4.69, 9.17) is 0 Å². The first-order valence-electron chi connectivity index (χ1n) is 7.87. The maximum absolute atomic E-state index is 12.4. The number of sulfone groups is 1. The molecule has 3 N–H and O–H groups in total. The Labute approximate surface area is 147 Å². The fourth-order valence-electron chi connectivity index (χ4n) is 2.88. The third-order valence-corrected chi connectivity index (χ3v) is 7.35. The molecule has 2 atom stereocenters. The monoisotopic (exact) mass is 384 g/mol. The van der Waals surface area contributed by atoms with Crippen LogP contribution in [0.1, 0.15) is 0 Å². The summed E-state index contributed by atoms with van der Waals surface area (Å²) in [6.45, 7) is 0.322. The second kappa shape index (κ2) is 7.00. The summed E-state index contributed by atoms with van der Waals surface area (Å²) in [7, 11) is -6.88. The van der Waals surface area contributed by atoms with Crippen molar-refractivity contribution < 1.29 is 21.9 Å². The van der Waals surface area contributed by atoms with Crippen LogP contribution in [-0.4, -0.2) is 58.7 Å². The van der Waals surface area contributed by atoms with Gasteiger partial charge in [-0.2, -0.15) is 0 Å². The zero-order valence-electron chi connectivity index (χ0n) is 13.4. The molecule has 3 rings (SSSR count). The minimum atomic E-state index is -3.65. The Bertz CT molecular complexity index is 973. The third-order valence-electron chi connectivity index (χ3n) is 4.18. The Balaban J connectivity index is 1.58. The topological polar surface area (TPSA) is 113 Å². The van der Waals surface area contributed by atoms with Gasteiger partial charge in [0.1, 0.15) is 0 Å². The van der Waals surface area contributed by atoms with Crippen LogP contribution in [0.5, 0.6) is 0 Å². The third kappa shape index (κ3) is 4.36. The molecule has 9 heteroatoms. The Morgan fingerprint density at radius 1 is 1.04 bits per heavy atom. The van der Waals surface area contributed by atoms with Crippen molar-refractivity contribution in [2.24, 2.45) is 0 Å². The van der Waals surface area contributed by atoms with Gasteiger partial charge in [-0.3, -0.25) is 0 Å². The second-order valence-corrected chi connectivity index (χ2v) is 10.0. The minimum absolute atomic E-state index is 0.0957. The van der Waals surface area contributed by atoms with Gasteiger partial charge in [0.25, 0.3) is 0 Å². The van der Waals surface area contributed by atoms with Crippen LogP contribution in [0.3, 0.4) is 0 Å².